The van der Waals surface area contributed by atoms with Gasteiger partial charge < -0.3 is 10.0 Å². The quantitative estimate of drug-likeness (QED) is 0.774. The van der Waals surface area contributed by atoms with Crippen LogP contribution < -0.4 is 0 Å². The fourth-order valence-corrected chi connectivity index (χ4v) is 2.05. The third kappa shape index (κ3) is 4.19. The van der Waals surface area contributed by atoms with Gasteiger partial charge in [0.15, 0.2) is 0 Å². The van der Waals surface area contributed by atoms with Crippen LogP contribution in [0.1, 0.15) is 18.4 Å². The maximum Gasteiger partial charge on any atom is 0.0645 e. The van der Waals surface area contributed by atoms with Gasteiger partial charge in [0.25, 0.3) is 0 Å². The fraction of sp³-hybridized carbons (Fsp3) is 0.400. The molecule has 1 heterocycles. The van der Waals surface area contributed by atoms with Crippen molar-refractivity contribution < 1.29 is 5.11 Å². The molecule has 0 saturated heterocycles. The monoisotopic (exact) mass is 259 g/mol. The molecule has 0 aliphatic heterocycles. The van der Waals surface area contributed by atoms with Gasteiger partial charge in [0.05, 0.1) is 11.9 Å². The Kier molecular flexibility index (Phi) is 5.12. The number of hydrogen-bond acceptors (Lipinski definition) is 3. The van der Waals surface area contributed by atoms with Gasteiger partial charge in [-0.05, 0) is 38.6 Å². The molecule has 0 aliphatic rings. The van der Waals surface area contributed by atoms with E-state index in [9.17, 15) is 0 Å². The zero-order chi connectivity index (χ0) is 13.5. The Hall–Kier alpha value is -1.65. The molecule has 19 heavy (non-hydrogen) atoms. The zero-order valence-corrected chi connectivity index (χ0v) is 11.4. The van der Waals surface area contributed by atoms with Gasteiger partial charge in [-0.15, -0.1) is 0 Å². The summed E-state index contributed by atoms with van der Waals surface area (Å²) < 4.78 is 1.90. The number of aliphatic hydroxyl groups excluding tert-OH is 1. The second-order valence-electron chi connectivity index (χ2n) is 4.80. The van der Waals surface area contributed by atoms with Crippen molar-refractivity contribution in [2.45, 2.75) is 19.4 Å². The standard InChI is InChI=1S/C15H21N3O/c1-17(9-5-6-10-19)12-14-11-16-18(13-14)15-7-3-2-4-8-15/h2-4,7-8,11,13,19H,5-6,9-10,12H2,1H3. The molecular formula is C15H21N3O. The highest BCUT2D eigenvalue weighted by molar-refractivity contribution is 5.30. The fourth-order valence-electron chi connectivity index (χ4n) is 2.05. The molecule has 1 aromatic heterocycles. The van der Waals surface area contributed by atoms with Crippen molar-refractivity contribution in [1.29, 1.82) is 0 Å². The SMILES string of the molecule is CN(CCCCO)Cc1cnn(-c2ccccc2)c1. The number of aromatic nitrogens is 2. The van der Waals surface area contributed by atoms with Crippen LogP contribution in [0.3, 0.4) is 0 Å². The van der Waals surface area contributed by atoms with E-state index in [1.54, 1.807) is 0 Å². The van der Waals surface area contributed by atoms with Gasteiger partial charge >= 0.3 is 0 Å². The third-order valence-electron chi connectivity index (χ3n) is 3.06. The summed E-state index contributed by atoms with van der Waals surface area (Å²) in [6.45, 7) is 2.16. The average molecular weight is 259 g/mol. The van der Waals surface area contributed by atoms with E-state index in [0.29, 0.717) is 0 Å². The molecule has 2 aromatic rings. The van der Waals surface area contributed by atoms with Crippen LogP contribution in [0.4, 0.5) is 0 Å². The van der Waals surface area contributed by atoms with Crippen molar-refractivity contribution in [3.63, 3.8) is 0 Å². The lowest BCUT2D eigenvalue weighted by atomic mass is 10.3. The maximum absolute atomic E-state index is 8.77. The molecule has 0 fully saturated rings. The highest BCUT2D eigenvalue weighted by atomic mass is 16.2. The summed E-state index contributed by atoms with van der Waals surface area (Å²) in [5.74, 6) is 0. The third-order valence-corrected chi connectivity index (χ3v) is 3.06. The van der Waals surface area contributed by atoms with Crippen LogP contribution in [-0.4, -0.2) is 40.0 Å². The first-order chi connectivity index (χ1) is 9.29. The average Bonchev–Trinajstić information content (AvgIpc) is 2.88. The normalized spacial score (nSPS) is 11.1. The van der Waals surface area contributed by atoms with Crippen molar-refractivity contribution in [3.8, 4) is 5.69 Å². The minimum absolute atomic E-state index is 0.278. The molecule has 4 nitrogen and oxygen atoms in total. The van der Waals surface area contributed by atoms with Crippen LogP contribution in [0.25, 0.3) is 5.69 Å². The van der Waals surface area contributed by atoms with Crippen LogP contribution in [-0.2, 0) is 6.54 Å². The largest absolute Gasteiger partial charge is 0.396 e. The van der Waals surface area contributed by atoms with Gasteiger partial charge in [-0.3, -0.25) is 0 Å². The number of rotatable bonds is 7. The molecule has 4 heteroatoms. The highest BCUT2D eigenvalue weighted by Gasteiger charge is 2.04. The van der Waals surface area contributed by atoms with E-state index >= 15 is 0 Å². The summed E-state index contributed by atoms with van der Waals surface area (Å²) in [7, 11) is 2.09. The van der Waals surface area contributed by atoms with Crippen molar-refractivity contribution in [2.24, 2.45) is 0 Å². The van der Waals surface area contributed by atoms with Gasteiger partial charge in [0.2, 0.25) is 0 Å². The van der Waals surface area contributed by atoms with E-state index in [-0.39, 0.29) is 6.61 Å². The number of aliphatic hydroxyl groups is 1. The minimum Gasteiger partial charge on any atom is -0.396 e. The van der Waals surface area contributed by atoms with E-state index in [0.717, 1.165) is 31.6 Å². The van der Waals surface area contributed by atoms with Crippen LogP contribution in [0.5, 0.6) is 0 Å². The molecule has 2 rings (SSSR count). The van der Waals surface area contributed by atoms with Gasteiger partial charge in [0, 0.05) is 24.9 Å². The molecule has 0 spiro atoms. The van der Waals surface area contributed by atoms with Gasteiger partial charge in [-0.25, -0.2) is 4.68 Å². The lowest BCUT2D eigenvalue weighted by Gasteiger charge is -2.14. The predicted molar refractivity (Wildman–Crippen MR) is 76.2 cm³/mol. The Morgan fingerprint density at radius 2 is 2.00 bits per heavy atom. The number of para-hydroxylation sites is 1. The Morgan fingerprint density at radius 3 is 2.74 bits per heavy atom. The number of benzene rings is 1. The maximum atomic E-state index is 8.77. The Bertz CT molecular complexity index is 481. The van der Waals surface area contributed by atoms with E-state index in [1.807, 2.05) is 41.2 Å². The Labute approximate surface area is 114 Å². The van der Waals surface area contributed by atoms with Crippen LogP contribution in [0.15, 0.2) is 42.7 Å². The lowest BCUT2D eigenvalue weighted by Crippen LogP contribution is -2.19. The van der Waals surface area contributed by atoms with E-state index in [1.165, 1.54) is 5.56 Å². The molecule has 0 bridgehead atoms. The van der Waals surface area contributed by atoms with Gasteiger partial charge in [-0.1, -0.05) is 18.2 Å². The topological polar surface area (TPSA) is 41.3 Å². The van der Waals surface area contributed by atoms with E-state index in [2.05, 4.69) is 23.2 Å². The molecule has 0 saturated carbocycles. The molecule has 0 unspecified atom stereocenters. The van der Waals surface area contributed by atoms with Crippen LogP contribution in [0, 0.1) is 0 Å². The van der Waals surface area contributed by atoms with Gasteiger partial charge in [0.1, 0.15) is 0 Å². The number of unbranched alkanes of at least 4 members (excludes halogenated alkanes) is 1. The molecule has 0 radical (unpaired) electrons. The summed E-state index contributed by atoms with van der Waals surface area (Å²) >= 11 is 0. The molecule has 1 N–H and O–H groups in total. The summed E-state index contributed by atoms with van der Waals surface area (Å²) in [5.41, 5.74) is 2.28. The summed E-state index contributed by atoms with van der Waals surface area (Å²) in [6.07, 6.45) is 5.88. The predicted octanol–water partition coefficient (Wildman–Crippen LogP) is 2.08. The molecular weight excluding hydrogens is 238 g/mol. The van der Waals surface area contributed by atoms with Crippen molar-refractivity contribution in [2.75, 3.05) is 20.2 Å². The molecule has 0 amide bonds. The lowest BCUT2D eigenvalue weighted by molar-refractivity contribution is 0.261. The summed E-state index contributed by atoms with van der Waals surface area (Å²) in [4.78, 5) is 2.25. The Morgan fingerprint density at radius 1 is 1.21 bits per heavy atom. The van der Waals surface area contributed by atoms with Crippen LogP contribution >= 0.6 is 0 Å². The first-order valence-electron chi connectivity index (χ1n) is 6.68. The molecule has 102 valence electrons. The molecule has 0 atom stereocenters. The second-order valence-corrected chi connectivity index (χ2v) is 4.80. The Balaban J connectivity index is 1.91. The first kappa shape index (κ1) is 13.8. The van der Waals surface area contributed by atoms with Crippen molar-refractivity contribution in [3.05, 3.63) is 48.3 Å². The summed E-state index contributed by atoms with van der Waals surface area (Å²) in [5, 5.41) is 13.2. The smallest absolute Gasteiger partial charge is 0.0645 e. The second kappa shape index (κ2) is 7.07. The first-order valence-corrected chi connectivity index (χ1v) is 6.68. The number of hydrogen-bond donors (Lipinski definition) is 1. The molecule has 0 aliphatic carbocycles. The zero-order valence-electron chi connectivity index (χ0n) is 11.4. The van der Waals surface area contributed by atoms with Crippen molar-refractivity contribution >= 4 is 0 Å². The highest BCUT2D eigenvalue weighted by Crippen LogP contribution is 2.09. The summed E-state index contributed by atoms with van der Waals surface area (Å²) in [6, 6.07) is 10.1. The van der Waals surface area contributed by atoms with Crippen molar-refractivity contribution in [1.82, 2.24) is 14.7 Å². The van der Waals surface area contributed by atoms with Crippen LogP contribution in [0.2, 0.25) is 0 Å². The van der Waals surface area contributed by atoms with E-state index < -0.39 is 0 Å². The minimum atomic E-state index is 0.278. The molecule has 1 aromatic carbocycles. The number of nitrogens with zero attached hydrogens (tertiary/aromatic N) is 3. The van der Waals surface area contributed by atoms with E-state index in [4.69, 9.17) is 5.11 Å². The van der Waals surface area contributed by atoms with Gasteiger partial charge in [-0.2, -0.15) is 5.10 Å².